The maximum Gasteiger partial charge on any atom is 0.123 e. The fourth-order valence-electron chi connectivity index (χ4n) is 2.50. The van der Waals surface area contributed by atoms with Gasteiger partial charge < -0.3 is 10.2 Å². The van der Waals surface area contributed by atoms with Crippen LogP contribution in [0.25, 0.3) is 10.9 Å². The number of nitrogens with zero attached hydrogens (tertiary/aromatic N) is 2. The minimum atomic E-state index is -0.159. The molecular formula is C15H17N3O. The third-order valence-corrected chi connectivity index (χ3v) is 3.49. The van der Waals surface area contributed by atoms with Crippen molar-refractivity contribution in [3.8, 4) is 0 Å². The Bertz CT molecular complexity index is 711. The summed E-state index contributed by atoms with van der Waals surface area (Å²) in [6, 6.07) is 9.97. The molecule has 2 N–H and O–H groups in total. The van der Waals surface area contributed by atoms with Crippen LogP contribution in [0.5, 0.6) is 0 Å². The zero-order valence-corrected chi connectivity index (χ0v) is 11.1. The van der Waals surface area contributed by atoms with Gasteiger partial charge in [0, 0.05) is 18.9 Å². The molecule has 0 radical (unpaired) electrons. The van der Waals surface area contributed by atoms with Crippen LogP contribution in [0.4, 0.5) is 0 Å². The van der Waals surface area contributed by atoms with Crippen molar-refractivity contribution in [1.29, 1.82) is 0 Å². The SMILES string of the molecule is Cc1ccoc1C(N)Cc1nn(C)c2ccccc12. The predicted molar refractivity (Wildman–Crippen MR) is 74.8 cm³/mol. The van der Waals surface area contributed by atoms with Gasteiger partial charge in [0.15, 0.2) is 0 Å². The van der Waals surface area contributed by atoms with Gasteiger partial charge in [0.2, 0.25) is 0 Å². The molecule has 0 saturated carbocycles. The summed E-state index contributed by atoms with van der Waals surface area (Å²) in [7, 11) is 1.95. The third kappa shape index (κ3) is 2.04. The molecule has 2 aromatic heterocycles. The number of rotatable bonds is 3. The van der Waals surface area contributed by atoms with E-state index in [1.165, 1.54) is 0 Å². The molecule has 0 spiro atoms. The van der Waals surface area contributed by atoms with E-state index < -0.39 is 0 Å². The van der Waals surface area contributed by atoms with Gasteiger partial charge in [-0.25, -0.2) is 0 Å². The van der Waals surface area contributed by atoms with Crippen LogP contribution in [0.2, 0.25) is 0 Å². The summed E-state index contributed by atoms with van der Waals surface area (Å²) < 4.78 is 7.35. The van der Waals surface area contributed by atoms with Crippen molar-refractivity contribution in [2.75, 3.05) is 0 Å². The summed E-state index contributed by atoms with van der Waals surface area (Å²) in [5.41, 5.74) is 9.46. The molecule has 0 bridgehead atoms. The standard InChI is InChI=1S/C15H17N3O/c1-10-7-8-19-15(10)12(16)9-13-11-5-3-4-6-14(11)18(2)17-13/h3-8,12H,9,16H2,1-2H3. The zero-order chi connectivity index (χ0) is 13.4. The van der Waals surface area contributed by atoms with Gasteiger partial charge in [-0.1, -0.05) is 18.2 Å². The number of para-hydroxylation sites is 1. The van der Waals surface area contributed by atoms with Gasteiger partial charge in [-0.15, -0.1) is 0 Å². The number of aryl methyl sites for hydroxylation is 2. The lowest BCUT2D eigenvalue weighted by atomic mass is 10.0. The molecule has 3 rings (SSSR count). The van der Waals surface area contributed by atoms with Gasteiger partial charge in [-0.3, -0.25) is 4.68 Å². The Morgan fingerprint density at radius 2 is 2.11 bits per heavy atom. The van der Waals surface area contributed by atoms with E-state index in [1.54, 1.807) is 6.26 Å². The van der Waals surface area contributed by atoms with E-state index in [1.807, 2.05) is 36.9 Å². The molecule has 0 aliphatic heterocycles. The first-order valence-electron chi connectivity index (χ1n) is 6.37. The molecule has 0 aliphatic rings. The van der Waals surface area contributed by atoms with Gasteiger partial charge in [0.05, 0.1) is 23.5 Å². The second-order valence-corrected chi connectivity index (χ2v) is 4.87. The highest BCUT2D eigenvalue weighted by Crippen LogP contribution is 2.24. The second kappa shape index (κ2) is 4.55. The van der Waals surface area contributed by atoms with Crippen molar-refractivity contribution < 1.29 is 4.42 Å². The van der Waals surface area contributed by atoms with Crippen LogP contribution in [-0.4, -0.2) is 9.78 Å². The number of furan rings is 1. The fourth-order valence-corrected chi connectivity index (χ4v) is 2.50. The fraction of sp³-hybridized carbons (Fsp3) is 0.267. The van der Waals surface area contributed by atoms with Gasteiger partial charge >= 0.3 is 0 Å². The van der Waals surface area contributed by atoms with Crippen molar-refractivity contribution in [1.82, 2.24) is 9.78 Å². The minimum absolute atomic E-state index is 0.159. The molecule has 2 heterocycles. The largest absolute Gasteiger partial charge is 0.467 e. The molecule has 98 valence electrons. The van der Waals surface area contributed by atoms with Crippen LogP contribution in [0.15, 0.2) is 41.0 Å². The van der Waals surface area contributed by atoms with Gasteiger partial charge in [0.25, 0.3) is 0 Å². The Morgan fingerprint density at radius 1 is 1.32 bits per heavy atom. The molecule has 1 aromatic carbocycles. The summed E-state index contributed by atoms with van der Waals surface area (Å²) in [5, 5.41) is 5.72. The van der Waals surface area contributed by atoms with E-state index in [0.717, 1.165) is 27.9 Å². The smallest absolute Gasteiger partial charge is 0.123 e. The Balaban J connectivity index is 1.96. The predicted octanol–water partition coefficient (Wildman–Crippen LogP) is 2.72. The van der Waals surface area contributed by atoms with E-state index in [2.05, 4.69) is 17.2 Å². The van der Waals surface area contributed by atoms with Crippen molar-refractivity contribution in [2.45, 2.75) is 19.4 Å². The van der Waals surface area contributed by atoms with Crippen LogP contribution in [0.1, 0.15) is 23.1 Å². The molecule has 0 fully saturated rings. The lowest BCUT2D eigenvalue weighted by molar-refractivity contribution is 0.459. The average Bonchev–Trinajstić information content (AvgIpc) is 2.95. The summed E-state index contributed by atoms with van der Waals surface area (Å²) >= 11 is 0. The minimum Gasteiger partial charge on any atom is -0.467 e. The lowest BCUT2D eigenvalue weighted by Crippen LogP contribution is -2.14. The van der Waals surface area contributed by atoms with Crippen molar-refractivity contribution in [2.24, 2.45) is 12.8 Å². The molecule has 0 saturated heterocycles. The van der Waals surface area contributed by atoms with Crippen LogP contribution in [-0.2, 0) is 13.5 Å². The molecule has 0 amide bonds. The van der Waals surface area contributed by atoms with E-state index in [4.69, 9.17) is 10.2 Å². The summed E-state index contributed by atoms with van der Waals surface area (Å²) in [5.74, 6) is 0.842. The summed E-state index contributed by atoms with van der Waals surface area (Å²) in [6.45, 7) is 2.01. The molecule has 0 aliphatic carbocycles. The van der Waals surface area contributed by atoms with E-state index in [9.17, 15) is 0 Å². The Labute approximate surface area is 111 Å². The molecule has 19 heavy (non-hydrogen) atoms. The summed E-state index contributed by atoms with van der Waals surface area (Å²) in [6.07, 6.45) is 2.36. The Hall–Kier alpha value is -2.07. The highest BCUT2D eigenvalue weighted by molar-refractivity contribution is 5.81. The molecule has 4 heteroatoms. The monoisotopic (exact) mass is 255 g/mol. The Kier molecular flexibility index (Phi) is 2.87. The van der Waals surface area contributed by atoms with Crippen LogP contribution in [0.3, 0.4) is 0 Å². The van der Waals surface area contributed by atoms with Crippen LogP contribution >= 0.6 is 0 Å². The van der Waals surface area contributed by atoms with Crippen LogP contribution < -0.4 is 5.73 Å². The van der Waals surface area contributed by atoms with E-state index in [-0.39, 0.29) is 6.04 Å². The van der Waals surface area contributed by atoms with Crippen molar-refractivity contribution in [3.63, 3.8) is 0 Å². The molecule has 1 atom stereocenters. The topological polar surface area (TPSA) is 57.0 Å². The summed E-state index contributed by atoms with van der Waals surface area (Å²) in [4.78, 5) is 0. The highest BCUT2D eigenvalue weighted by Gasteiger charge is 2.17. The molecule has 3 aromatic rings. The van der Waals surface area contributed by atoms with E-state index in [0.29, 0.717) is 6.42 Å². The normalized spacial score (nSPS) is 13.0. The Morgan fingerprint density at radius 3 is 2.84 bits per heavy atom. The van der Waals surface area contributed by atoms with Gasteiger partial charge in [0.1, 0.15) is 5.76 Å². The van der Waals surface area contributed by atoms with E-state index >= 15 is 0 Å². The number of hydrogen-bond donors (Lipinski definition) is 1. The van der Waals surface area contributed by atoms with Crippen molar-refractivity contribution >= 4 is 10.9 Å². The first-order chi connectivity index (χ1) is 9.16. The van der Waals surface area contributed by atoms with Crippen molar-refractivity contribution in [3.05, 3.63) is 53.6 Å². The lowest BCUT2D eigenvalue weighted by Gasteiger charge is -2.08. The molecular weight excluding hydrogens is 238 g/mol. The maximum absolute atomic E-state index is 6.23. The number of hydrogen-bond acceptors (Lipinski definition) is 3. The third-order valence-electron chi connectivity index (χ3n) is 3.49. The number of fused-ring (bicyclic) bond motifs is 1. The van der Waals surface area contributed by atoms with Gasteiger partial charge in [-0.2, -0.15) is 5.10 Å². The maximum atomic E-state index is 6.23. The number of aromatic nitrogens is 2. The quantitative estimate of drug-likeness (QED) is 0.783. The molecule has 1 unspecified atom stereocenters. The van der Waals surface area contributed by atoms with Crippen LogP contribution in [0, 0.1) is 6.92 Å². The number of nitrogens with two attached hydrogens (primary N) is 1. The van der Waals surface area contributed by atoms with Gasteiger partial charge in [-0.05, 0) is 24.6 Å². The first-order valence-corrected chi connectivity index (χ1v) is 6.37. The second-order valence-electron chi connectivity index (χ2n) is 4.87. The molecule has 4 nitrogen and oxygen atoms in total. The average molecular weight is 255 g/mol. The number of benzene rings is 1. The zero-order valence-electron chi connectivity index (χ0n) is 11.1. The highest BCUT2D eigenvalue weighted by atomic mass is 16.3. The first kappa shape index (κ1) is 12.0.